The lowest BCUT2D eigenvalue weighted by atomic mass is 10.0. The number of nitriles is 1. The Morgan fingerprint density at radius 2 is 1.96 bits per heavy atom. The molecule has 1 aliphatic carbocycles. The van der Waals surface area contributed by atoms with Crippen LogP contribution >= 0.6 is 11.3 Å². The molecule has 3 rings (SSSR count). The van der Waals surface area contributed by atoms with Crippen LogP contribution in [0.15, 0.2) is 24.3 Å². The summed E-state index contributed by atoms with van der Waals surface area (Å²) in [6.07, 6.45) is 5.14. The van der Waals surface area contributed by atoms with Crippen LogP contribution < -0.4 is 5.32 Å². The number of hydrogen-bond donors (Lipinski definition) is 1. The summed E-state index contributed by atoms with van der Waals surface area (Å²) in [6.45, 7) is 0.387. The van der Waals surface area contributed by atoms with Crippen LogP contribution in [0.25, 0.3) is 0 Å². The van der Waals surface area contributed by atoms with Gasteiger partial charge in [0.15, 0.2) is 9.84 Å². The summed E-state index contributed by atoms with van der Waals surface area (Å²) < 4.78 is 24.4. The zero-order chi connectivity index (χ0) is 19.3. The van der Waals surface area contributed by atoms with Crippen molar-refractivity contribution in [3.63, 3.8) is 0 Å². The van der Waals surface area contributed by atoms with Gasteiger partial charge in [-0.25, -0.2) is 13.4 Å². The summed E-state index contributed by atoms with van der Waals surface area (Å²) in [4.78, 5) is 18.0. The molecule has 8 heteroatoms. The van der Waals surface area contributed by atoms with Gasteiger partial charge in [0.05, 0.1) is 28.1 Å². The van der Waals surface area contributed by atoms with E-state index < -0.39 is 21.5 Å². The third kappa shape index (κ3) is 5.62. The molecular formula is C19H21N3O3S2. The highest BCUT2D eigenvalue weighted by atomic mass is 32.2. The Balaban J connectivity index is 1.46. The topological polar surface area (TPSA) is 99.9 Å². The van der Waals surface area contributed by atoms with E-state index in [0.717, 1.165) is 17.8 Å². The predicted molar refractivity (Wildman–Crippen MR) is 104 cm³/mol. The highest BCUT2D eigenvalue weighted by Crippen LogP contribution is 2.26. The second-order valence-corrected chi connectivity index (χ2v) is 9.86. The van der Waals surface area contributed by atoms with Gasteiger partial charge in [-0.05, 0) is 43.4 Å². The van der Waals surface area contributed by atoms with Gasteiger partial charge in [0.2, 0.25) is 5.91 Å². The van der Waals surface area contributed by atoms with Crippen molar-refractivity contribution in [1.29, 1.82) is 5.26 Å². The number of carbonyl (C=O) groups is 1. The molecule has 1 N–H and O–H groups in total. The van der Waals surface area contributed by atoms with Gasteiger partial charge in [0, 0.05) is 17.8 Å². The lowest BCUT2D eigenvalue weighted by Crippen LogP contribution is -2.32. The summed E-state index contributed by atoms with van der Waals surface area (Å²) in [5.74, 6) is -1.25. The van der Waals surface area contributed by atoms with Crippen LogP contribution in [0.2, 0.25) is 0 Å². The van der Waals surface area contributed by atoms with Gasteiger partial charge in [-0.2, -0.15) is 5.26 Å². The van der Waals surface area contributed by atoms with Crippen molar-refractivity contribution in [1.82, 2.24) is 10.3 Å². The molecule has 1 amide bonds. The standard InChI is InChI=1S/C19H21N3O3S2/c20-11-14-5-7-15(8-6-14)12-27(24,25)13-18(23)21-10-9-19-22-16-3-1-2-4-17(16)26-19/h5-8H,1-4,9-10,12-13H2,(H,21,23). The molecule has 0 bridgehead atoms. The molecule has 0 fully saturated rings. The van der Waals surface area contributed by atoms with Gasteiger partial charge >= 0.3 is 0 Å². The minimum absolute atomic E-state index is 0.217. The summed E-state index contributed by atoms with van der Waals surface area (Å²) in [5.41, 5.74) is 2.23. The van der Waals surface area contributed by atoms with Gasteiger partial charge in [-0.15, -0.1) is 11.3 Å². The first-order chi connectivity index (χ1) is 12.9. The number of nitrogens with one attached hydrogen (secondary N) is 1. The fourth-order valence-electron chi connectivity index (χ4n) is 3.05. The number of aromatic nitrogens is 1. The SMILES string of the molecule is N#Cc1ccc(CS(=O)(=O)CC(=O)NCCc2nc3c(s2)CCCC3)cc1. The van der Waals surface area contributed by atoms with Crippen LogP contribution in [-0.4, -0.2) is 31.6 Å². The van der Waals surface area contributed by atoms with E-state index in [4.69, 9.17) is 5.26 Å². The van der Waals surface area contributed by atoms with E-state index in [2.05, 4.69) is 10.3 Å². The van der Waals surface area contributed by atoms with E-state index in [1.54, 1.807) is 35.6 Å². The highest BCUT2D eigenvalue weighted by Gasteiger charge is 2.18. The summed E-state index contributed by atoms with van der Waals surface area (Å²) in [6, 6.07) is 8.31. The van der Waals surface area contributed by atoms with E-state index in [9.17, 15) is 13.2 Å². The minimum atomic E-state index is -3.56. The van der Waals surface area contributed by atoms with Gasteiger partial charge in [0.25, 0.3) is 0 Å². The number of hydrogen-bond acceptors (Lipinski definition) is 6. The fourth-order valence-corrected chi connectivity index (χ4v) is 5.51. The highest BCUT2D eigenvalue weighted by molar-refractivity contribution is 7.91. The molecule has 0 aliphatic heterocycles. The lowest BCUT2D eigenvalue weighted by Gasteiger charge is -2.06. The Hall–Kier alpha value is -2.24. The van der Waals surface area contributed by atoms with Gasteiger partial charge in [-0.3, -0.25) is 4.79 Å². The molecule has 1 aliphatic rings. The van der Waals surface area contributed by atoms with Crippen molar-refractivity contribution in [2.24, 2.45) is 0 Å². The van der Waals surface area contributed by atoms with Crippen molar-refractivity contribution >= 4 is 27.1 Å². The molecule has 0 radical (unpaired) electrons. The number of amides is 1. The van der Waals surface area contributed by atoms with E-state index in [1.165, 1.54) is 23.4 Å². The molecule has 0 atom stereocenters. The number of rotatable bonds is 7. The fraction of sp³-hybridized carbons (Fsp3) is 0.421. The summed E-state index contributed by atoms with van der Waals surface area (Å²) in [5, 5.41) is 12.4. The normalized spacial score (nSPS) is 13.6. The van der Waals surface area contributed by atoms with Crippen LogP contribution in [0.4, 0.5) is 0 Å². The second kappa shape index (κ2) is 8.63. The molecule has 27 heavy (non-hydrogen) atoms. The van der Waals surface area contributed by atoms with E-state index in [0.29, 0.717) is 24.1 Å². The smallest absolute Gasteiger partial charge is 0.235 e. The lowest BCUT2D eigenvalue weighted by molar-refractivity contribution is -0.118. The minimum Gasteiger partial charge on any atom is -0.355 e. The van der Waals surface area contributed by atoms with Crippen LogP contribution in [0.3, 0.4) is 0 Å². The molecule has 0 spiro atoms. The number of benzene rings is 1. The maximum atomic E-state index is 12.2. The third-order valence-electron chi connectivity index (χ3n) is 4.37. The monoisotopic (exact) mass is 403 g/mol. The van der Waals surface area contributed by atoms with Crippen molar-refractivity contribution < 1.29 is 13.2 Å². The van der Waals surface area contributed by atoms with Gasteiger partial charge < -0.3 is 5.32 Å². The first-order valence-corrected chi connectivity index (χ1v) is 11.5. The Bertz CT molecular complexity index is 934. The van der Waals surface area contributed by atoms with Crippen molar-refractivity contribution in [2.75, 3.05) is 12.3 Å². The number of fused-ring (bicyclic) bond motifs is 1. The maximum absolute atomic E-state index is 12.2. The van der Waals surface area contributed by atoms with Crippen LogP contribution in [0, 0.1) is 11.3 Å². The summed E-state index contributed by atoms with van der Waals surface area (Å²) in [7, 11) is -3.56. The van der Waals surface area contributed by atoms with Crippen LogP contribution in [0.1, 0.15) is 39.5 Å². The molecule has 1 aromatic heterocycles. The van der Waals surface area contributed by atoms with E-state index >= 15 is 0 Å². The van der Waals surface area contributed by atoms with Gasteiger partial charge in [-0.1, -0.05) is 12.1 Å². The molecule has 0 unspecified atom stereocenters. The Morgan fingerprint density at radius 3 is 2.67 bits per heavy atom. The maximum Gasteiger partial charge on any atom is 0.235 e. The zero-order valence-electron chi connectivity index (χ0n) is 14.9. The molecule has 6 nitrogen and oxygen atoms in total. The average molecular weight is 404 g/mol. The molecule has 142 valence electrons. The molecule has 0 saturated heterocycles. The van der Waals surface area contributed by atoms with Crippen LogP contribution in [0.5, 0.6) is 0 Å². The molecule has 2 aromatic rings. The van der Waals surface area contributed by atoms with Crippen molar-refractivity contribution in [3.8, 4) is 6.07 Å². The molecule has 0 saturated carbocycles. The Labute approximate surface area is 163 Å². The first-order valence-electron chi connectivity index (χ1n) is 8.89. The quantitative estimate of drug-likeness (QED) is 0.764. The number of carbonyl (C=O) groups excluding carboxylic acids is 1. The van der Waals surface area contributed by atoms with Crippen molar-refractivity contribution in [2.45, 2.75) is 37.9 Å². The third-order valence-corrected chi connectivity index (χ3v) is 7.06. The largest absolute Gasteiger partial charge is 0.355 e. The number of sulfone groups is 1. The molecule has 1 aromatic carbocycles. The van der Waals surface area contributed by atoms with Crippen LogP contribution in [-0.2, 0) is 39.6 Å². The molecule has 1 heterocycles. The number of thiazole rings is 1. The van der Waals surface area contributed by atoms with E-state index in [-0.39, 0.29) is 5.75 Å². The summed E-state index contributed by atoms with van der Waals surface area (Å²) >= 11 is 1.70. The number of nitrogens with zero attached hydrogens (tertiary/aromatic N) is 2. The Kier molecular flexibility index (Phi) is 6.24. The van der Waals surface area contributed by atoms with Crippen molar-refractivity contribution in [3.05, 3.63) is 51.0 Å². The predicted octanol–water partition coefficient (Wildman–Crippen LogP) is 2.17. The molecular weight excluding hydrogens is 382 g/mol. The van der Waals surface area contributed by atoms with E-state index in [1.807, 2.05) is 6.07 Å². The zero-order valence-corrected chi connectivity index (χ0v) is 16.5. The number of aryl methyl sites for hydroxylation is 2. The average Bonchev–Trinajstić information content (AvgIpc) is 3.04. The van der Waals surface area contributed by atoms with Gasteiger partial charge in [0.1, 0.15) is 5.75 Å². The second-order valence-electron chi connectivity index (χ2n) is 6.63. The Morgan fingerprint density at radius 1 is 1.22 bits per heavy atom. The first kappa shape index (κ1) is 19.5.